The van der Waals surface area contributed by atoms with Crippen LogP contribution in [-0.2, 0) is 19.1 Å². The lowest BCUT2D eigenvalue weighted by Gasteiger charge is -2.19. The van der Waals surface area contributed by atoms with Gasteiger partial charge in [-0.15, -0.1) is 0 Å². The highest BCUT2D eigenvalue weighted by Crippen LogP contribution is 2.28. The van der Waals surface area contributed by atoms with Crippen molar-refractivity contribution in [1.29, 1.82) is 0 Å². The number of methoxy groups -OCH3 is 2. The summed E-state index contributed by atoms with van der Waals surface area (Å²) in [6.07, 6.45) is 0. The van der Waals surface area contributed by atoms with Crippen molar-refractivity contribution in [3.05, 3.63) is 47.5 Å². The Kier molecular flexibility index (Phi) is 13.3. The van der Waals surface area contributed by atoms with E-state index in [-0.39, 0.29) is 58.8 Å². The number of nitrogens with one attached hydrogen (secondary N) is 2. The number of ether oxygens (including phenoxy) is 4. The number of amides is 2. The third kappa shape index (κ3) is 9.45. The van der Waals surface area contributed by atoms with Gasteiger partial charge in [0.05, 0.1) is 27.4 Å². The number of benzene rings is 2. The van der Waals surface area contributed by atoms with E-state index in [9.17, 15) is 29.4 Å². The lowest BCUT2D eigenvalue weighted by molar-refractivity contribution is -0.145. The third-order valence-electron chi connectivity index (χ3n) is 5.19. The molecule has 0 aliphatic carbocycles. The van der Waals surface area contributed by atoms with Crippen molar-refractivity contribution < 1.29 is 48.3 Å². The maximum absolute atomic E-state index is 12.8. The van der Waals surface area contributed by atoms with E-state index in [1.165, 1.54) is 72.2 Å². The molecule has 0 aromatic heterocycles. The van der Waals surface area contributed by atoms with Gasteiger partial charge in [-0.1, -0.05) is 21.6 Å². The summed E-state index contributed by atoms with van der Waals surface area (Å²) in [7, 11) is 5.06. The number of esters is 2. The molecule has 0 unspecified atom stereocenters. The SMILES string of the molecule is CCOC(=O)[C@H](CSSC[C@H](NC(=O)c1ccc(O)c(OC)c1)C(=O)OCC)NC(=O)c1ccc(O)c(OC)c1. The predicted octanol–water partition coefficient (Wildman–Crippen LogP) is 2.52. The Morgan fingerprint density at radius 3 is 1.43 bits per heavy atom. The Morgan fingerprint density at radius 2 is 1.10 bits per heavy atom. The fourth-order valence-corrected chi connectivity index (χ4v) is 5.47. The van der Waals surface area contributed by atoms with Crippen molar-refractivity contribution in [1.82, 2.24) is 10.6 Å². The highest BCUT2D eigenvalue weighted by molar-refractivity contribution is 8.76. The second-order valence-corrected chi connectivity index (χ2v) is 10.5. The molecule has 40 heavy (non-hydrogen) atoms. The van der Waals surface area contributed by atoms with E-state index < -0.39 is 35.8 Å². The summed E-state index contributed by atoms with van der Waals surface area (Å²) >= 11 is 0. The summed E-state index contributed by atoms with van der Waals surface area (Å²) in [4.78, 5) is 50.5. The molecule has 2 rings (SSSR count). The van der Waals surface area contributed by atoms with Crippen molar-refractivity contribution in [2.75, 3.05) is 38.9 Å². The van der Waals surface area contributed by atoms with Gasteiger partial charge < -0.3 is 39.8 Å². The molecular weight excluding hydrogens is 564 g/mol. The van der Waals surface area contributed by atoms with E-state index in [1.807, 2.05) is 0 Å². The molecule has 0 aliphatic heterocycles. The maximum Gasteiger partial charge on any atom is 0.329 e. The van der Waals surface area contributed by atoms with Crippen molar-refractivity contribution in [2.24, 2.45) is 0 Å². The third-order valence-corrected chi connectivity index (χ3v) is 7.61. The zero-order chi connectivity index (χ0) is 29.7. The van der Waals surface area contributed by atoms with Gasteiger partial charge in [-0.3, -0.25) is 9.59 Å². The van der Waals surface area contributed by atoms with E-state index in [0.29, 0.717) is 0 Å². The van der Waals surface area contributed by atoms with Crippen LogP contribution in [0.4, 0.5) is 0 Å². The molecule has 0 aliphatic rings. The molecule has 4 N–H and O–H groups in total. The van der Waals surface area contributed by atoms with Gasteiger partial charge in [0, 0.05) is 22.6 Å². The van der Waals surface area contributed by atoms with Crippen molar-refractivity contribution in [3.8, 4) is 23.0 Å². The van der Waals surface area contributed by atoms with Crippen LogP contribution in [0.25, 0.3) is 0 Å². The Labute approximate surface area is 239 Å². The monoisotopic (exact) mass is 596 g/mol. The molecule has 0 saturated heterocycles. The summed E-state index contributed by atoms with van der Waals surface area (Å²) < 4.78 is 20.2. The first-order chi connectivity index (χ1) is 19.1. The van der Waals surface area contributed by atoms with E-state index in [0.717, 1.165) is 0 Å². The normalized spacial score (nSPS) is 12.0. The molecule has 0 radical (unpaired) electrons. The summed E-state index contributed by atoms with van der Waals surface area (Å²) in [5.41, 5.74) is 0.329. The van der Waals surface area contributed by atoms with Gasteiger partial charge in [0.15, 0.2) is 23.0 Å². The summed E-state index contributed by atoms with van der Waals surface area (Å²) in [5.74, 6) is -2.36. The van der Waals surface area contributed by atoms with Gasteiger partial charge in [-0.05, 0) is 50.2 Å². The number of phenols is 2. The minimum Gasteiger partial charge on any atom is -0.504 e. The first-order valence-corrected chi connectivity index (χ1v) is 14.6. The van der Waals surface area contributed by atoms with E-state index >= 15 is 0 Å². The number of carbonyl (C=O) groups is 4. The highest BCUT2D eigenvalue weighted by atomic mass is 33.1. The fourth-order valence-electron chi connectivity index (χ4n) is 3.18. The van der Waals surface area contributed by atoms with Gasteiger partial charge in [0.1, 0.15) is 12.1 Å². The van der Waals surface area contributed by atoms with Gasteiger partial charge in [0.2, 0.25) is 0 Å². The number of hydrogen-bond donors (Lipinski definition) is 4. The number of phenolic OH excluding ortho intramolecular Hbond substituents is 2. The van der Waals surface area contributed by atoms with Gasteiger partial charge in [0.25, 0.3) is 11.8 Å². The minimum absolute atomic E-state index is 0.0864. The zero-order valence-corrected chi connectivity index (χ0v) is 24.1. The van der Waals surface area contributed by atoms with E-state index in [2.05, 4.69) is 10.6 Å². The largest absolute Gasteiger partial charge is 0.504 e. The fraction of sp³-hybridized carbons (Fsp3) is 0.385. The lowest BCUT2D eigenvalue weighted by atomic mass is 10.1. The number of hydrogen-bond acceptors (Lipinski definition) is 12. The molecule has 2 amide bonds. The Balaban J connectivity index is 2.04. The average molecular weight is 597 g/mol. The Morgan fingerprint density at radius 1 is 0.725 bits per heavy atom. The number of carbonyl (C=O) groups excluding carboxylic acids is 4. The van der Waals surface area contributed by atoms with Crippen LogP contribution in [-0.4, -0.2) is 85.0 Å². The average Bonchev–Trinajstić information content (AvgIpc) is 2.94. The van der Waals surface area contributed by atoms with E-state index in [4.69, 9.17) is 18.9 Å². The molecule has 0 fully saturated rings. The quantitative estimate of drug-likeness (QED) is 0.135. The van der Waals surface area contributed by atoms with Gasteiger partial charge in [-0.2, -0.15) is 0 Å². The molecule has 12 nitrogen and oxygen atoms in total. The van der Waals surface area contributed by atoms with Crippen LogP contribution in [0.15, 0.2) is 36.4 Å². The second-order valence-electron chi connectivity index (χ2n) is 7.90. The number of rotatable bonds is 15. The molecule has 0 saturated carbocycles. The van der Waals surface area contributed by atoms with E-state index in [1.54, 1.807) is 13.8 Å². The lowest BCUT2D eigenvalue weighted by Crippen LogP contribution is -2.44. The number of aromatic hydroxyl groups is 2. The highest BCUT2D eigenvalue weighted by Gasteiger charge is 2.26. The minimum atomic E-state index is -1.02. The molecular formula is C26H32N2O10S2. The molecule has 14 heteroatoms. The molecule has 0 spiro atoms. The summed E-state index contributed by atoms with van der Waals surface area (Å²) in [6.45, 7) is 3.49. The molecule has 0 heterocycles. The summed E-state index contributed by atoms with van der Waals surface area (Å²) in [6, 6.07) is 6.00. The molecule has 218 valence electrons. The maximum atomic E-state index is 12.8. The van der Waals surface area contributed by atoms with Crippen molar-refractivity contribution in [2.45, 2.75) is 25.9 Å². The molecule has 0 bridgehead atoms. The molecule has 2 atom stereocenters. The second kappa shape index (κ2) is 16.4. The predicted molar refractivity (Wildman–Crippen MR) is 150 cm³/mol. The molecule has 2 aromatic rings. The van der Waals surface area contributed by atoms with Crippen molar-refractivity contribution in [3.63, 3.8) is 0 Å². The Bertz CT molecular complexity index is 1100. The first-order valence-electron chi connectivity index (χ1n) is 12.1. The summed E-state index contributed by atoms with van der Waals surface area (Å²) in [5, 5.41) is 24.7. The molecule has 2 aromatic carbocycles. The standard InChI is InChI=1S/C26H32N2O10S2/c1-5-37-25(33)17(27-23(31)15-7-9-19(29)21(11-15)35-3)13-39-40-14-18(26(34)38-6-2)28-24(32)16-8-10-20(30)22(12-16)36-4/h7-12,17-18,29-30H,5-6,13-14H2,1-4H3,(H,27,31)(H,28,32)/t17-,18-/m0/s1. The van der Waals surface area contributed by atoms with Crippen LogP contribution in [0.1, 0.15) is 34.6 Å². The van der Waals surface area contributed by atoms with Crippen LogP contribution in [0.2, 0.25) is 0 Å². The van der Waals surface area contributed by atoms with Gasteiger partial charge in [-0.25, -0.2) is 9.59 Å². The van der Waals surface area contributed by atoms with Crippen molar-refractivity contribution >= 4 is 45.3 Å². The van der Waals surface area contributed by atoms with Crippen LogP contribution >= 0.6 is 21.6 Å². The van der Waals surface area contributed by atoms with Crippen LogP contribution in [0.3, 0.4) is 0 Å². The smallest absolute Gasteiger partial charge is 0.329 e. The Hall–Kier alpha value is -3.78. The topological polar surface area (TPSA) is 170 Å². The zero-order valence-electron chi connectivity index (χ0n) is 22.4. The van der Waals surface area contributed by atoms with Crippen LogP contribution in [0.5, 0.6) is 23.0 Å². The first kappa shape index (κ1) is 32.4. The van der Waals surface area contributed by atoms with Gasteiger partial charge >= 0.3 is 11.9 Å². The van der Waals surface area contributed by atoms with Crippen LogP contribution in [0, 0.1) is 0 Å². The van der Waals surface area contributed by atoms with Crippen LogP contribution < -0.4 is 20.1 Å².